The molecule has 1 aromatic carbocycles. The lowest BCUT2D eigenvalue weighted by atomic mass is 10.0. The predicted octanol–water partition coefficient (Wildman–Crippen LogP) is 3.93. The molecule has 0 N–H and O–H groups in total. The lowest BCUT2D eigenvalue weighted by Gasteiger charge is -2.14. The monoisotopic (exact) mass is 382 g/mol. The van der Waals surface area contributed by atoms with Crippen molar-refractivity contribution < 1.29 is 18.7 Å². The highest BCUT2D eigenvalue weighted by Crippen LogP contribution is 2.33. The molecule has 1 amide bonds. The number of ether oxygens (including phenoxy) is 1. The second kappa shape index (κ2) is 7.46. The highest BCUT2D eigenvalue weighted by molar-refractivity contribution is 6.16. The molecule has 0 spiro atoms. The number of esters is 1. The Morgan fingerprint density at radius 3 is 2.39 bits per heavy atom. The third kappa shape index (κ3) is 3.15. The van der Waals surface area contributed by atoms with Gasteiger partial charge in [-0.1, -0.05) is 0 Å². The number of allylic oxidation sites excluding steroid dienone is 1. The summed E-state index contributed by atoms with van der Waals surface area (Å²) in [6.45, 7) is 7.94. The summed E-state index contributed by atoms with van der Waals surface area (Å²) in [5, 5.41) is 0. The highest BCUT2D eigenvalue weighted by atomic mass is 19.1. The molecule has 1 aliphatic heterocycles. The van der Waals surface area contributed by atoms with Crippen LogP contribution in [0.2, 0.25) is 0 Å². The molecule has 0 atom stereocenters. The molecule has 3 rings (SSSR count). The standard InChI is InChI=1S/C22H23FN2O3/c1-6-24-15(4)20(22(27)28-5)19(21(24)26)12-16-11-13(2)25(14(16)3)18-9-7-17(23)8-10-18/h7-12H,6H2,1-5H3. The van der Waals surface area contributed by atoms with E-state index in [1.807, 2.05) is 31.4 Å². The van der Waals surface area contributed by atoms with Gasteiger partial charge in [-0.15, -0.1) is 0 Å². The first-order valence-electron chi connectivity index (χ1n) is 9.08. The molecule has 5 nitrogen and oxygen atoms in total. The molecule has 0 saturated heterocycles. The number of halogens is 1. The number of aryl methyl sites for hydroxylation is 1. The zero-order valence-electron chi connectivity index (χ0n) is 16.7. The van der Waals surface area contributed by atoms with Gasteiger partial charge in [-0.05, 0) is 69.7 Å². The van der Waals surface area contributed by atoms with Gasteiger partial charge in [0.25, 0.3) is 5.91 Å². The smallest absolute Gasteiger partial charge is 0.340 e. The van der Waals surface area contributed by atoms with E-state index in [2.05, 4.69) is 0 Å². The SMILES string of the molecule is CCN1C(=O)C(=Cc2cc(C)n(-c3ccc(F)cc3)c2C)C(C(=O)OC)=C1C. The van der Waals surface area contributed by atoms with E-state index in [1.165, 1.54) is 19.2 Å². The van der Waals surface area contributed by atoms with Crippen LogP contribution in [0, 0.1) is 19.7 Å². The minimum atomic E-state index is -0.527. The molecule has 6 heteroatoms. The zero-order chi connectivity index (χ0) is 20.6. The molecule has 0 bridgehead atoms. The third-order valence-corrected chi connectivity index (χ3v) is 5.07. The van der Waals surface area contributed by atoms with Crippen LogP contribution in [0.3, 0.4) is 0 Å². The number of hydrogen-bond acceptors (Lipinski definition) is 3. The van der Waals surface area contributed by atoms with E-state index in [1.54, 1.807) is 30.0 Å². The molecule has 2 heterocycles. The molecule has 1 aliphatic rings. The summed E-state index contributed by atoms with van der Waals surface area (Å²) in [6, 6.07) is 8.17. The van der Waals surface area contributed by atoms with Crippen LogP contribution in [0.1, 0.15) is 30.8 Å². The van der Waals surface area contributed by atoms with Crippen LogP contribution in [0.5, 0.6) is 0 Å². The maximum absolute atomic E-state index is 13.3. The maximum Gasteiger partial charge on any atom is 0.340 e. The minimum absolute atomic E-state index is 0.216. The van der Waals surface area contributed by atoms with Crippen LogP contribution in [-0.4, -0.2) is 35.0 Å². The summed E-state index contributed by atoms with van der Waals surface area (Å²) < 4.78 is 20.2. The van der Waals surface area contributed by atoms with Gasteiger partial charge in [-0.2, -0.15) is 0 Å². The van der Waals surface area contributed by atoms with E-state index in [9.17, 15) is 14.0 Å². The van der Waals surface area contributed by atoms with Crippen molar-refractivity contribution in [2.45, 2.75) is 27.7 Å². The van der Waals surface area contributed by atoms with Crippen LogP contribution in [0.15, 0.2) is 47.2 Å². The molecule has 0 unspecified atom stereocenters. The Balaban J connectivity index is 2.13. The predicted molar refractivity (Wildman–Crippen MR) is 105 cm³/mol. The number of carbonyl (C=O) groups is 2. The zero-order valence-corrected chi connectivity index (χ0v) is 16.7. The van der Waals surface area contributed by atoms with Crippen molar-refractivity contribution >= 4 is 18.0 Å². The van der Waals surface area contributed by atoms with Gasteiger partial charge in [-0.25, -0.2) is 9.18 Å². The lowest BCUT2D eigenvalue weighted by molar-refractivity contribution is -0.136. The number of rotatable bonds is 4. The maximum atomic E-state index is 13.3. The Morgan fingerprint density at radius 1 is 1.18 bits per heavy atom. The largest absolute Gasteiger partial charge is 0.465 e. The quantitative estimate of drug-likeness (QED) is 0.595. The fourth-order valence-corrected chi connectivity index (χ4v) is 3.69. The van der Waals surface area contributed by atoms with E-state index in [4.69, 9.17) is 4.74 Å². The van der Waals surface area contributed by atoms with Crippen molar-refractivity contribution in [3.63, 3.8) is 0 Å². The molecule has 0 fully saturated rings. The fraction of sp³-hybridized carbons (Fsp3) is 0.273. The topological polar surface area (TPSA) is 51.5 Å². The van der Waals surface area contributed by atoms with E-state index in [0.717, 1.165) is 22.6 Å². The first kappa shape index (κ1) is 19.6. The van der Waals surface area contributed by atoms with Crippen molar-refractivity contribution in [2.75, 3.05) is 13.7 Å². The Morgan fingerprint density at radius 2 is 1.82 bits per heavy atom. The molecule has 28 heavy (non-hydrogen) atoms. The van der Waals surface area contributed by atoms with Gasteiger partial charge < -0.3 is 14.2 Å². The van der Waals surface area contributed by atoms with Crippen molar-refractivity contribution in [1.82, 2.24) is 9.47 Å². The number of methoxy groups -OCH3 is 1. The van der Waals surface area contributed by atoms with Gasteiger partial charge >= 0.3 is 5.97 Å². The number of hydrogen-bond donors (Lipinski definition) is 0. The Bertz CT molecular complexity index is 1010. The van der Waals surface area contributed by atoms with Crippen molar-refractivity contribution in [3.8, 4) is 5.69 Å². The molecule has 0 aliphatic carbocycles. The van der Waals surface area contributed by atoms with Crippen LogP contribution in [0.25, 0.3) is 11.8 Å². The number of benzene rings is 1. The van der Waals surface area contributed by atoms with Crippen molar-refractivity contribution in [1.29, 1.82) is 0 Å². The van der Waals surface area contributed by atoms with Gasteiger partial charge in [0.05, 0.1) is 18.3 Å². The first-order valence-corrected chi connectivity index (χ1v) is 9.08. The summed E-state index contributed by atoms with van der Waals surface area (Å²) >= 11 is 0. The average molecular weight is 382 g/mol. The van der Waals surface area contributed by atoms with Crippen molar-refractivity contribution in [3.05, 3.63) is 69.9 Å². The minimum Gasteiger partial charge on any atom is -0.465 e. The summed E-state index contributed by atoms with van der Waals surface area (Å²) in [7, 11) is 1.31. The van der Waals surface area contributed by atoms with Crippen molar-refractivity contribution in [2.24, 2.45) is 0 Å². The van der Waals surface area contributed by atoms with Crippen LogP contribution in [0.4, 0.5) is 4.39 Å². The van der Waals surface area contributed by atoms with E-state index in [-0.39, 0.29) is 11.7 Å². The van der Waals surface area contributed by atoms with E-state index < -0.39 is 5.97 Å². The van der Waals surface area contributed by atoms with Gasteiger partial charge in [0.1, 0.15) is 5.82 Å². The first-order chi connectivity index (χ1) is 13.3. The molecule has 1 aromatic heterocycles. The third-order valence-electron chi connectivity index (χ3n) is 5.07. The van der Waals surface area contributed by atoms with Crippen LogP contribution < -0.4 is 0 Å². The summed E-state index contributed by atoms with van der Waals surface area (Å²) in [4.78, 5) is 26.7. The number of amides is 1. The number of nitrogens with zero attached hydrogens (tertiary/aromatic N) is 2. The summed E-state index contributed by atoms with van der Waals surface area (Å²) in [6.07, 6.45) is 1.73. The molecule has 0 saturated carbocycles. The normalized spacial score (nSPS) is 15.7. The Hall–Kier alpha value is -3.15. The van der Waals surface area contributed by atoms with Crippen LogP contribution in [-0.2, 0) is 14.3 Å². The summed E-state index contributed by atoms with van der Waals surface area (Å²) in [5.41, 5.74) is 4.69. The lowest BCUT2D eigenvalue weighted by Crippen LogP contribution is -2.24. The molecule has 0 radical (unpaired) electrons. The van der Waals surface area contributed by atoms with Gasteiger partial charge in [0.2, 0.25) is 0 Å². The van der Waals surface area contributed by atoms with Crippen LogP contribution >= 0.6 is 0 Å². The second-order valence-electron chi connectivity index (χ2n) is 6.70. The number of likely N-dealkylation sites (N-methyl/N-ethyl adjacent to an activating group) is 1. The summed E-state index contributed by atoms with van der Waals surface area (Å²) in [5.74, 6) is -1.04. The molecular weight excluding hydrogens is 359 g/mol. The number of carbonyl (C=O) groups excluding carboxylic acids is 2. The fourth-order valence-electron chi connectivity index (χ4n) is 3.69. The van der Waals surface area contributed by atoms with Gasteiger partial charge in [0.15, 0.2) is 0 Å². The molecule has 146 valence electrons. The van der Waals surface area contributed by atoms with E-state index in [0.29, 0.717) is 23.4 Å². The van der Waals surface area contributed by atoms with Gasteiger partial charge in [0, 0.05) is 29.3 Å². The highest BCUT2D eigenvalue weighted by Gasteiger charge is 2.36. The molecular formula is C22H23FN2O3. The second-order valence-corrected chi connectivity index (χ2v) is 6.70. The molecule has 2 aromatic rings. The van der Waals surface area contributed by atoms with E-state index >= 15 is 0 Å². The Labute approximate surface area is 163 Å². The Kier molecular flexibility index (Phi) is 5.23. The van der Waals surface area contributed by atoms with Gasteiger partial charge in [-0.3, -0.25) is 4.79 Å². The average Bonchev–Trinajstić information content (AvgIpc) is 3.08. The number of aromatic nitrogens is 1.